The Bertz CT molecular complexity index is 673. The van der Waals surface area contributed by atoms with Gasteiger partial charge in [0.15, 0.2) is 6.10 Å². The van der Waals surface area contributed by atoms with E-state index >= 15 is 0 Å². The Morgan fingerprint density at radius 2 is 1.86 bits per heavy atom. The lowest BCUT2D eigenvalue weighted by atomic mass is 9.91. The van der Waals surface area contributed by atoms with Crippen molar-refractivity contribution >= 4 is 11.7 Å². The summed E-state index contributed by atoms with van der Waals surface area (Å²) in [7, 11) is 1.63. The van der Waals surface area contributed by atoms with Gasteiger partial charge in [0, 0.05) is 18.3 Å². The van der Waals surface area contributed by atoms with Crippen LogP contribution in [0, 0.1) is 0 Å². The largest absolute Gasteiger partial charge is 0.479 e. The van der Waals surface area contributed by atoms with Crippen LogP contribution in [0.25, 0.3) is 0 Å². The van der Waals surface area contributed by atoms with E-state index in [1.807, 2.05) is 39.0 Å². The summed E-state index contributed by atoms with van der Waals surface area (Å²) in [6.07, 6.45) is -6.30. The number of hydrogen-bond donors (Lipinski definition) is 5. The van der Waals surface area contributed by atoms with Crippen molar-refractivity contribution in [2.75, 3.05) is 12.4 Å². The van der Waals surface area contributed by atoms with Crippen LogP contribution in [0.15, 0.2) is 18.2 Å². The summed E-state index contributed by atoms with van der Waals surface area (Å²) in [6.45, 7) is 6.61. The number of carboxylic acid groups (broad SMARTS) is 1. The predicted octanol–water partition coefficient (Wildman–Crippen LogP) is 0.911. The third-order valence-electron chi connectivity index (χ3n) is 4.65. The molecule has 1 fully saturated rings. The molecule has 1 aromatic rings. The van der Waals surface area contributed by atoms with Gasteiger partial charge in [-0.25, -0.2) is 4.79 Å². The number of benzene rings is 1. The standard InChI is InChI=1S/C20H31NO7/c1-20(2,3)21-13-9-11(10-27-4)5-6-12(13)7-8-14-15(22)16(23)17(24)18(28-14)19(25)26/h5-6,9,14-18,21-24H,7-8,10H2,1-4H3,(H,25,26). The highest BCUT2D eigenvalue weighted by Crippen LogP contribution is 2.28. The lowest BCUT2D eigenvalue weighted by Gasteiger charge is -2.39. The molecule has 0 saturated carbocycles. The number of ether oxygens (including phenoxy) is 2. The number of aliphatic hydroxyl groups is 3. The number of aliphatic carboxylic acids is 1. The summed E-state index contributed by atoms with van der Waals surface area (Å²) in [6, 6.07) is 5.90. The molecule has 2 rings (SSSR count). The molecule has 0 aliphatic carbocycles. The van der Waals surface area contributed by atoms with E-state index in [4.69, 9.17) is 14.6 Å². The van der Waals surface area contributed by atoms with Crippen molar-refractivity contribution in [2.45, 2.75) is 76.3 Å². The highest BCUT2D eigenvalue weighted by molar-refractivity contribution is 5.73. The number of rotatable bonds is 7. The minimum absolute atomic E-state index is 0.171. The Labute approximate surface area is 165 Å². The molecular formula is C20H31NO7. The zero-order valence-electron chi connectivity index (χ0n) is 16.8. The van der Waals surface area contributed by atoms with E-state index in [1.165, 1.54) is 0 Å². The maximum atomic E-state index is 11.2. The Hall–Kier alpha value is -1.71. The number of nitrogens with one attached hydrogen (secondary N) is 1. The van der Waals surface area contributed by atoms with Gasteiger partial charge in [0.25, 0.3) is 0 Å². The first-order valence-corrected chi connectivity index (χ1v) is 9.35. The molecule has 0 spiro atoms. The molecule has 8 heteroatoms. The smallest absolute Gasteiger partial charge is 0.335 e. The third-order valence-corrected chi connectivity index (χ3v) is 4.65. The first kappa shape index (κ1) is 22.6. The second-order valence-corrected chi connectivity index (χ2v) is 8.24. The van der Waals surface area contributed by atoms with Gasteiger partial charge in [-0.3, -0.25) is 0 Å². The molecule has 0 aromatic heterocycles. The Balaban J connectivity index is 2.17. The van der Waals surface area contributed by atoms with Crippen LogP contribution in [-0.4, -0.2) is 69.6 Å². The normalized spacial score (nSPS) is 28.2. The monoisotopic (exact) mass is 397 g/mol. The molecular weight excluding hydrogens is 366 g/mol. The zero-order chi connectivity index (χ0) is 21.1. The van der Waals surface area contributed by atoms with Crippen molar-refractivity contribution in [3.05, 3.63) is 29.3 Å². The van der Waals surface area contributed by atoms with E-state index in [2.05, 4.69) is 5.32 Å². The molecule has 28 heavy (non-hydrogen) atoms. The molecule has 5 N–H and O–H groups in total. The Kier molecular flexibility index (Phi) is 7.41. The van der Waals surface area contributed by atoms with Gasteiger partial charge in [-0.2, -0.15) is 0 Å². The van der Waals surface area contributed by atoms with Gasteiger partial charge in [0.1, 0.15) is 18.3 Å². The molecule has 8 nitrogen and oxygen atoms in total. The Morgan fingerprint density at radius 1 is 1.18 bits per heavy atom. The minimum atomic E-state index is -1.67. The van der Waals surface area contributed by atoms with E-state index in [-0.39, 0.29) is 12.0 Å². The molecule has 1 aromatic carbocycles. The van der Waals surface area contributed by atoms with Crippen molar-refractivity contribution in [1.29, 1.82) is 0 Å². The summed E-state index contributed by atoms with van der Waals surface area (Å²) in [5, 5.41) is 42.6. The fourth-order valence-electron chi connectivity index (χ4n) is 3.31. The summed E-state index contributed by atoms with van der Waals surface area (Å²) < 4.78 is 10.6. The van der Waals surface area contributed by atoms with E-state index in [1.54, 1.807) is 7.11 Å². The minimum Gasteiger partial charge on any atom is -0.479 e. The first-order valence-electron chi connectivity index (χ1n) is 9.35. The van der Waals surface area contributed by atoms with Crippen LogP contribution in [0.2, 0.25) is 0 Å². The van der Waals surface area contributed by atoms with Crippen LogP contribution in [-0.2, 0) is 27.3 Å². The van der Waals surface area contributed by atoms with Crippen LogP contribution in [0.5, 0.6) is 0 Å². The number of methoxy groups -OCH3 is 1. The number of aliphatic hydroxyl groups excluding tert-OH is 3. The zero-order valence-corrected chi connectivity index (χ0v) is 16.8. The van der Waals surface area contributed by atoms with Crippen molar-refractivity contribution in [3.63, 3.8) is 0 Å². The van der Waals surface area contributed by atoms with Gasteiger partial charge in [-0.1, -0.05) is 12.1 Å². The van der Waals surface area contributed by atoms with Crippen LogP contribution in [0.4, 0.5) is 5.69 Å². The SMILES string of the molecule is COCc1ccc(CCC2OC(C(=O)O)C(O)C(O)C2O)c(NC(C)(C)C)c1. The molecule has 5 atom stereocenters. The number of anilines is 1. The number of carboxylic acids is 1. The van der Waals surface area contributed by atoms with Crippen LogP contribution in [0.3, 0.4) is 0 Å². The van der Waals surface area contributed by atoms with E-state index in [0.717, 1.165) is 16.8 Å². The molecule has 0 amide bonds. The van der Waals surface area contributed by atoms with Crippen molar-refractivity contribution in [2.24, 2.45) is 0 Å². The molecule has 1 aliphatic rings. The molecule has 5 unspecified atom stereocenters. The Morgan fingerprint density at radius 3 is 2.43 bits per heavy atom. The van der Waals surface area contributed by atoms with Gasteiger partial charge >= 0.3 is 5.97 Å². The molecule has 1 aliphatic heterocycles. The van der Waals surface area contributed by atoms with Gasteiger partial charge in [0.2, 0.25) is 0 Å². The van der Waals surface area contributed by atoms with E-state index < -0.39 is 36.5 Å². The van der Waals surface area contributed by atoms with Crippen molar-refractivity contribution < 1.29 is 34.7 Å². The summed E-state index contributed by atoms with van der Waals surface area (Å²) in [5.41, 5.74) is 2.73. The van der Waals surface area contributed by atoms with Crippen molar-refractivity contribution in [3.8, 4) is 0 Å². The lowest BCUT2D eigenvalue weighted by Crippen LogP contribution is -2.59. The molecule has 1 heterocycles. The molecule has 0 radical (unpaired) electrons. The highest BCUT2D eigenvalue weighted by atomic mass is 16.6. The van der Waals surface area contributed by atoms with Gasteiger partial charge < -0.3 is 35.2 Å². The lowest BCUT2D eigenvalue weighted by molar-refractivity contribution is -0.228. The van der Waals surface area contributed by atoms with Crippen LogP contribution in [0.1, 0.15) is 38.3 Å². The average molecular weight is 397 g/mol. The second-order valence-electron chi connectivity index (χ2n) is 8.24. The molecule has 158 valence electrons. The number of carbonyl (C=O) groups is 1. The number of hydrogen-bond acceptors (Lipinski definition) is 7. The average Bonchev–Trinajstić information content (AvgIpc) is 2.59. The second kappa shape index (κ2) is 9.19. The number of aryl methyl sites for hydroxylation is 1. The maximum Gasteiger partial charge on any atom is 0.335 e. The molecule has 1 saturated heterocycles. The van der Waals surface area contributed by atoms with Gasteiger partial charge in [0.05, 0.1) is 12.7 Å². The predicted molar refractivity (Wildman–Crippen MR) is 103 cm³/mol. The van der Waals surface area contributed by atoms with Gasteiger partial charge in [-0.05, 0) is 50.8 Å². The fraction of sp³-hybridized carbons (Fsp3) is 0.650. The van der Waals surface area contributed by atoms with Crippen molar-refractivity contribution in [1.82, 2.24) is 0 Å². The van der Waals surface area contributed by atoms with Gasteiger partial charge in [-0.15, -0.1) is 0 Å². The molecule has 0 bridgehead atoms. The maximum absolute atomic E-state index is 11.2. The van der Waals surface area contributed by atoms with Crippen LogP contribution >= 0.6 is 0 Å². The summed E-state index contributed by atoms with van der Waals surface area (Å²) in [4.78, 5) is 11.2. The highest BCUT2D eigenvalue weighted by Gasteiger charge is 2.46. The van der Waals surface area contributed by atoms with E-state index in [0.29, 0.717) is 13.0 Å². The first-order chi connectivity index (χ1) is 13.0. The topological polar surface area (TPSA) is 128 Å². The van der Waals surface area contributed by atoms with E-state index in [9.17, 15) is 20.1 Å². The fourth-order valence-corrected chi connectivity index (χ4v) is 3.31. The summed E-state index contributed by atoms with van der Waals surface area (Å²) >= 11 is 0. The quantitative estimate of drug-likeness (QED) is 0.459. The third kappa shape index (κ3) is 5.65. The van der Waals surface area contributed by atoms with Crippen LogP contribution < -0.4 is 5.32 Å². The summed E-state index contributed by atoms with van der Waals surface area (Å²) in [5.74, 6) is -1.37.